The van der Waals surface area contributed by atoms with E-state index in [4.69, 9.17) is 20.5 Å². The number of ketones is 1. The Morgan fingerprint density at radius 3 is 2.45 bits per heavy atom. The topological polar surface area (TPSA) is 82.6 Å². The summed E-state index contributed by atoms with van der Waals surface area (Å²) in [5, 5.41) is 0.415. The molecule has 2 aromatic carbocycles. The Bertz CT molecular complexity index is 1240. The van der Waals surface area contributed by atoms with Gasteiger partial charge in [0.05, 0.1) is 5.56 Å². The standard InChI is InChI=1S/C21H14ClNO5S/c1-13-10-16(28-29(25,26)17-4-2-15(22)3-5-17)12-18-20(13)21(24)19(27-18)11-14-6-8-23-9-7-14/h2-12H,1H3. The molecule has 1 aromatic heterocycles. The van der Waals surface area contributed by atoms with Crippen LogP contribution in [0.5, 0.6) is 11.5 Å². The molecule has 0 radical (unpaired) electrons. The number of aryl methyl sites for hydroxylation is 1. The molecule has 0 saturated carbocycles. The number of Topliss-reactive ketones (excluding diaryl/α,β-unsaturated/α-hetero) is 1. The van der Waals surface area contributed by atoms with Gasteiger partial charge in [-0.05, 0) is 66.6 Å². The number of pyridine rings is 1. The Kier molecular flexibility index (Phi) is 4.86. The van der Waals surface area contributed by atoms with E-state index < -0.39 is 10.1 Å². The second kappa shape index (κ2) is 7.35. The van der Waals surface area contributed by atoms with E-state index in [9.17, 15) is 13.2 Å². The molecule has 0 spiro atoms. The molecule has 4 rings (SSSR count). The van der Waals surface area contributed by atoms with Crippen molar-refractivity contribution in [3.63, 3.8) is 0 Å². The average Bonchev–Trinajstić information content (AvgIpc) is 2.98. The molecule has 8 heteroatoms. The number of allylic oxidation sites excluding steroid dienone is 1. The Morgan fingerprint density at radius 2 is 1.76 bits per heavy atom. The van der Waals surface area contributed by atoms with Crippen LogP contribution in [0.4, 0.5) is 0 Å². The molecule has 1 aliphatic heterocycles. The van der Waals surface area contributed by atoms with Gasteiger partial charge in [0.1, 0.15) is 16.4 Å². The fourth-order valence-corrected chi connectivity index (χ4v) is 3.95. The molecule has 29 heavy (non-hydrogen) atoms. The van der Waals surface area contributed by atoms with Gasteiger partial charge in [0.15, 0.2) is 5.76 Å². The number of carbonyl (C=O) groups excluding carboxylic acids is 1. The minimum atomic E-state index is -4.06. The molecule has 2 heterocycles. The predicted molar refractivity (Wildman–Crippen MR) is 108 cm³/mol. The lowest BCUT2D eigenvalue weighted by molar-refractivity contribution is 0.101. The van der Waals surface area contributed by atoms with E-state index in [0.29, 0.717) is 16.1 Å². The zero-order valence-electron chi connectivity index (χ0n) is 15.1. The maximum absolute atomic E-state index is 12.7. The summed E-state index contributed by atoms with van der Waals surface area (Å²) in [5.41, 5.74) is 1.68. The third-order valence-corrected chi connectivity index (χ3v) is 5.77. The van der Waals surface area contributed by atoms with E-state index in [1.54, 1.807) is 37.5 Å². The van der Waals surface area contributed by atoms with Gasteiger partial charge in [-0.3, -0.25) is 9.78 Å². The molecule has 0 amide bonds. The molecule has 0 fully saturated rings. The summed E-state index contributed by atoms with van der Waals surface area (Å²) in [5.74, 6) is 0.166. The molecule has 3 aromatic rings. The second-order valence-electron chi connectivity index (χ2n) is 6.33. The van der Waals surface area contributed by atoms with Crippen LogP contribution in [-0.4, -0.2) is 19.2 Å². The minimum absolute atomic E-state index is 0.0321. The number of fused-ring (bicyclic) bond motifs is 1. The Labute approximate surface area is 172 Å². The van der Waals surface area contributed by atoms with Gasteiger partial charge in [0.25, 0.3) is 0 Å². The van der Waals surface area contributed by atoms with Crippen molar-refractivity contribution in [3.05, 3.63) is 88.4 Å². The van der Waals surface area contributed by atoms with Crippen molar-refractivity contribution >= 4 is 33.6 Å². The largest absolute Gasteiger partial charge is 0.452 e. The molecule has 0 N–H and O–H groups in total. The SMILES string of the molecule is Cc1cc(OS(=O)(=O)c2ccc(Cl)cc2)cc2c1C(=O)C(=Cc1ccncc1)O2. The molecule has 6 nitrogen and oxygen atoms in total. The summed E-state index contributed by atoms with van der Waals surface area (Å²) in [4.78, 5) is 16.6. The van der Waals surface area contributed by atoms with Gasteiger partial charge in [-0.15, -0.1) is 0 Å². The summed E-state index contributed by atoms with van der Waals surface area (Å²) < 4.78 is 35.9. The van der Waals surface area contributed by atoms with Crippen molar-refractivity contribution in [3.8, 4) is 11.5 Å². The van der Waals surface area contributed by atoms with Crippen LogP contribution < -0.4 is 8.92 Å². The van der Waals surface area contributed by atoms with E-state index in [-0.39, 0.29) is 27.9 Å². The lowest BCUT2D eigenvalue weighted by Crippen LogP contribution is -2.10. The lowest BCUT2D eigenvalue weighted by Gasteiger charge is -2.09. The maximum Gasteiger partial charge on any atom is 0.339 e. The highest BCUT2D eigenvalue weighted by atomic mass is 35.5. The summed E-state index contributed by atoms with van der Waals surface area (Å²) in [6.07, 6.45) is 4.82. The van der Waals surface area contributed by atoms with Crippen LogP contribution in [0.2, 0.25) is 5.02 Å². The van der Waals surface area contributed by atoms with Crippen molar-refractivity contribution in [2.24, 2.45) is 0 Å². The second-order valence-corrected chi connectivity index (χ2v) is 8.31. The molecule has 0 unspecified atom stereocenters. The van der Waals surface area contributed by atoms with Crippen LogP contribution in [0.15, 0.2) is 71.6 Å². The fourth-order valence-electron chi connectivity index (χ4n) is 2.91. The summed E-state index contributed by atoms with van der Waals surface area (Å²) in [7, 11) is -4.06. The number of ether oxygens (including phenoxy) is 1. The number of hydrogen-bond acceptors (Lipinski definition) is 6. The summed E-state index contributed by atoms with van der Waals surface area (Å²) in [6.45, 7) is 1.69. The first-order valence-corrected chi connectivity index (χ1v) is 10.3. The molecule has 0 aliphatic carbocycles. The van der Waals surface area contributed by atoms with E-state index in [1.807, 2.05) is 0 Å². The molecule has 0 atom stereocenters. The molecule has 1 aliphatic rings. The maximum atomic E-state index is 12.7. The predicted octanol–water partition coefficient (Wildman–Crippen LogP) is 4.43. The minimum Gasteiger partial charge on any atom is -0.452 e. The highest BCUT2D eigenvalue weighted by Crippen LogP contribution is 2.38. The van der Waals surface area contributed by atoms with E-state index >= 15 is 0 Å². The van der Waals surface area contributed by atoms with Crippen LogP contribution in [0.3, 0.4) is 0 Å². The van der Waals surface area contributed by atoms with Crippen molar-refractivity contribution in [1.29, 1.82) is 0 Å². The average molecular weight is 428 g/mol. The van der Waals surface area contributed by atoms with Gasteiger partial charge in [0.2, 0.25) is 5.78 Å². The summed E-state index contributed by atoms with van der Waals surface area (Å²) >= 11 is 5.80. The first kappa shape index (κ1) is 19.2. The lowest BCUT2D eigenvalue weighted by atomic mass is 10.0. The quantitative estimate of drug-likeness (QED) is 0.452. The number of aromatic nitrogens is 1. The molecular weight excluding hydrogens is 414 g/mol. The number of halogens is 1. The van der Waals surface area contributed by atoms with Gasteiger partial charge in [-0.1, -0.05) is 11.6 Å². The number of benzene rings is 2. The highest BCUT2D eigenvalue weighted by Gasteiger charge is 2.30. The Morgan fingerprint density at radius 1 is 1.07 bits per heavy atom. The van der Waals surface area contributed by atoms with E-state index in [0.717, 1.165) is 5.56 Å². The monoisotopic (exact) mass is 427 g/mol. The van der Waals surface area contributed by atoms with Crippen LogP contribution >= 0.6 is 11.6 Å². The van der Waals surface area contributed by atoms with Crippen molar-refractivity contribution in [2.45, 2.75) is 11.8 Å². The van der Waals surface area contributed by atoms with Gasteiger partial charge in [0, 0.05) is 23.5 Å². The van der Waals surface area contributed by atoms with Crippen LogP contribution in [0.1, 0.15) is 21.5 Å². The van der Waals surface area contributed by atoms with Gasteiger partial charge in [-0.25, -0.2) is 0 Å². The van der Waals surface area contributed by atoms with Gasteiger partial charge >= 0.3 is 10.1 Å². The smallest absolute Gasteiger partial charge is 0.339 e. The highest BCUT2D eigenvalue weighted by molar-refractivity contribution is 7.87. The third-order valence-electron chi connectivity index (χ3n) is 4.26. The zero-order valence-corrected chi connectivity index (χ0v) is 16.7. The van der Waals surface area contributed by atoms with E-state index in [1.165, 1.54) is 36.4 Å². The Balaban J connectivity index is 1.65. The molecule has 146 valence electrons. The van der Waals surface area contributed by atoms with Crippen LogP contribution in [-0.2, 0) is 10.1 Å². The van der Waals surface area contributed by atoms with E-state index in [2.05, 4.69) is 4.98 Å². The molecule has 0 bridgehead atoms. The normalized spacial score (nSPS) is 14.6. The number of rotatable bonds is 4. The van der Waals surface area contributed by atoms with Crippen LogP contribution in [0, 0.1) is 6.92 Å². The number of carbonyl (C=O) groups is 1. The van der Waals surface area contributed by atoms with Crippen molar-refractivity contribution < 1.29 is 22.1 Å². The Hall–Kier alpha value is -3.16. The summed E-state index contributed by atoms with van der Waals surface area (Å²) in [6, 6.07) is 12.0. The third kappa shape index (κ3) is 3.87. The van der Waals surface area contributed by atoms with Crippen molar-refractivity contribution in [1.82, 2.24) is 4.98 Å². The van der Waals surface area contributed by atoms with Gasteiger partial charge in [-0.2, -0.15) is 8.42 Å². The van der Waals surface area contributed by atoms with Crippen LogP contribution in [0.25, 0.3) is 6.08 Å². The first-order chi connectivity index (χ1) is 13.8. The zero-order chi connectivity index (χ0) is 20.6. The fraction of sp³-hybridized carbons (Fsp3) is 0.0476. The number of hydrogen-bond donors (Lipinski definition) is 0. The first-order valence-electron chi connectivity index (χ1n) is 8.52. The number of nitrogens with zero attached hydrogens (tertiary/aromatic N) is 1. The molecule has 0 saturated heterocycles. The van der Waals surface area contributed by atoms with Crippen molar-refractivity contribution in [2.75, 3.05) is 0 Å². The molecular formula is C21H14ClNO5S. The van der Waals surface area contributed by atoms with Gasteiger partial charge < -0.3 is 8.92 Å².